The maximum Gasteiger partial charge on any atom is 0.246 e. The minimum absolute atomic E-state index is 0.0742. The van der Waals surface area contributed by atoms with Gasteiger partial charge in [-0.15, -0.1) is 0 Å². The van der Waals surface area contributed by atoms with Gasteiger partial charge in [0.15, 0.2) is 0 Å². The molecule has 0 aromatic heterocycles. The largest absolute Gasteiger partial charge is 0.376 e. The lowest BCUT2D eigenvalue weighted by atomic mass is 10.1. The van der Waals surface area contributed by atoms with Crippen LogP contribution in [0.25, 0.3) is 0 Å². The third-order valence-corrected chi connectivity index (χ3v) is 4.73. The number of rotatable bonds is 3. The number of hydrogen-bond acceptors (Lipinski definition) is 3. The highest BCUT2D eigenvalue weighted by molar-refractivity contribution is 6.42. The van der Waals surface area contributed by atoms with Gasteiger partial charge in [0.2, 0.25) is 11.8 Å². The van der Waals surface area contributed by atoms with Crippen LogP contribution in [-0.2, 0) is 9.59 Å². The summed E-state index contributed by atoms with van der Waals surface area (Å²) in [6, 6.07) is 12.1. The van der Waals surface area contributed by atoms with Crippen LogP contribution in [0.3, 0.4) is 0 Å². The molecule has 130 valence electrons. The highest BCUT2D eigenvalue weighted by Gasteiger charge is 2.29. The fourth-order valence-corrected chi connectivity index (χ4v) is 3.13. The molecule has 1 atom stereocenters. The van der Waals surface area contributed by atoms with E-state index in [4.69, 9.17) is 23.2 Å². The van der Waals surface area contributed by atoms with Gasteiger partial charge in [-0.05, 0) is 37.3 Å². The molecule has 1 unspecified atom stereocenters. The van der Waals surface area contributed by atoms with Crippen molar-refractivity contribution in [3.63, 3.8) is 0 Å². The predicted molar refractivity (Wildman–Crippen MR) is 102 cm³/mol. The molecule has 0 fully saturated rings. The van der Waals surface area contributed by atoms with Crippen molar-refractivity contribution in [2.75, 3.05) is 22.1 Å². The molecule has 2 N–H and O–H groups in total. The molecular weight excluding hydrogens is 361 g/mol. The second kappa shape index (κ2) is 7.33. The van der Waals surface area contributed by atoms with Crippen molar-refractivity contribution < 1.29 is 9.59 Å². The van der Waals surface area contributed by atoms with Gasteiger partial charge < -0.3 is 15.5 Å². The van der Waals surface area contributed by atoms with Gasteiger partial charge in [0.1, 0.15) is 0 Å². The van der Waals surface area contributed by atoms with E-state index in [2.05, 4.69) is 10.6 Å². The van der Waals surface area contributed by atoms with Crippen LogP contribution in [-0.4, -0.2) is 24.4 Å². The van der Waals surface area contributed by atoms with E-state index >= 15 is 0 Å². The number of anilines is 3. The minimum atomic E-state index is -0.244. The van der Waals surface area contributed by atoms with E-state index in [-0.39, 0.29) is 30.8 Å². The van der Waals surface area contributed by atoms with Gasteiger partial charge >= 0.3 is 0 Å². The van der Waals surface area contributed by atoms with Gasteiger partial charge in [-0.3, -0.25) is 9.59 Å². The summed E-state index contributed by atoms with van der Waals surface area (Å²) >= 11 is 11.9. The van der Waals surface area contributed by atoms with Crippen molar-refractivity contribution >= 4 is 52.1 Å². The molecule has 1 aliphatic rings. The van der Waals surface area contributed by atoms with E-state index in [1.807, 2.05) is 25.1 Å². The Bertz CT molecular complexity index is 826. The number of hydrogen-bond donors (Lipinski definition) is 2. The molecule has 0 saturated heterocycles. The molecule has 0 saturated carbocycles. The standard InChI is InChI=1S/C18H17Cl2N3O2/c1-11-8-17(24)22-15-4-2-3-5-16(15)23(11)18(25)10-21-12-6-7-13(19)14(20)9-12/h2-7,9,11,21H,8,10H2,1H3,(H,22,24). The Hall–Kier alpha value is -2.24. The summed E-state index contributed by atoms with van der Waals surface area (Å²) in [5, 5.41) is 6.77. The Morgan fingerprint density at radius 1 is 1.24 bits per heavy atom. The molecule has 5 nitrogen and oxygen atoms in total. The number of carbonyl (C=O) groups is 2. The Morgan fingerprint density at radius 3 is 2.76 bits per heavy atom. The summed E-state index contributed by atoms with van der Waals surface area (Å²) in [7, 11) is 0. The monoisotopic (exact) mass is 377 g/mol. The Balaban J connectivity index is 1.80. The molecule has 3 rings (SSSR count). The lowest BCUT2D eigenvalue weighted by molar-refractivity contribution is -0.118. The van der Waals surface area contributed by atoms with Gasteiger partial charge in [0.25, 0.3) is 0 Å². The number of carbonyl (C=O) groups excluding carboxylic acids is 2. The van der Waals surface area contributed by atoms with Gasteiger partial charge in [-0.1, -0.05) is 35.3 Å². The van der Waals surface area contributed by atoms with Gasteiger partial charge in [-0.25, -0.2) is 0 Å². The molecule has 1 heterocycles. The number of fused-ring (bicyclic) bond motifs is 1. The first kappa shape index (κ1) is 17.6. The third-order valence-electron chi connectivity index (χ3n) is 3.99. The molecule has 0 bridgehead atoms. The Labute approximate surface area is 155 Å². The van der Waals surface area contributed by atoms with Crippen molar-refractivity contribution in [2.45, 2.75) is 19.4 Å². The fraction of sp³-hybridized carbons (Fsp3) is 0.222. The average Bonchev–Trinajstić information content (AvgIpc) is 2.70. The smallest absolute Gasteiger partial charge is 0.246 e. The molecular formula is C18H17Cl2N3O2. The van der Waals surface area contributed by atoms with E-state index in [9.17, 15) is 9.59 Å². The number of nitrogens with zero attached hydrogens (tertiary/aromatic N) is 1. The predicted octanol–water partition coefficient (Wildman–Crippen LogP) is 4.17. The first-order valence-corrected chi connectivity index (χ1v) is 8.61. The van der Waals surface area contributed by atoms with Crippen molar-refractivity contribution in [3.05, 3.63) is 52.5 Å². The lowest BCUT2D eigenvalue weighted by Crippen LogP contribution is -2.42. The number of benzene rings is 2. The van der Waals surface area contributed by atoms with Crippen LogP contribution < -0.4 is 15.5 Å². The summed E-state index contributed by atoms with van der Waals surface area (Å²) < 4.78 is 0. The molecule has 2 amide bonds. The number of para-hydroxylation sites is 2. The van der Waals surface area contributed by atoms with Gasteiger partial charge in [-0.2, -0.15) is 0 Å². The van der Waals surface area contributed by atoms with Crippen molar-refractivity contribution in [1.29, 1.82) is 0 Å². The first-order valence-electron chi connectivity index (χ1n) is 7.85. The Kier molecular flexibility index (Phi) is 5.16. The Morgan fingerprint density at radius 2 is 2.00 bits per heavy atom. The van der Waals surface area contributed by atoms with E-state index < -0.39 is 0 Å². The van der Waals surface area contributed by atoms with Crippen LogP contribution in [0.15, 0.2) is 42.5 Å². The van der Waals surface area contributed by atoms with Crippen LogP contribution in [0.1, 0.15) is 13.3 Å². The SMILES string of the molecule is CC1CC(=O)Nc2ccccc2N1C(=O)CNc1ccc(Cl)c(Cl)c1. The van der Waals surface area contributed by atoms with Crippen molar-refractivity contribution in [2.24, 2.45) is 0 Å². The van der Waals surface area contributed by atoms with Gasteiger partial charge in [0.05, 0.1) is 28.0 Å². The lowest BCUT2D eigenvalue weighted by Gasteiger charge is -2.28. The third kappa shape index (κ3) is 3.89. The maximum atomic E-state index is 12.8. The van der Waals surface area contributed by atoms with Crippen LogP contribution >= 0.6 is 23.2 Å². The number of amides is 2. The highest BCUT2D eigenvalue weighted by atomic mass is 35.5. The van der Waals surface area contributed by atoms with Crippen molar-refractivity contribution in [1.82, 2.24) is 0 Å². The number of halogens is 2. The van der Waals surface area contributed by atoms with E-state index in [0.29, 0.717) is 27.1 Å². The molecule has 0 radical (unpaired) electrons. The molecule has 0 spiro atoms. The van der Waals surface area contributed by atoms with E-state index in [0.717, 1.165) is 0 Å². The molecule has 2 aromatic carbocycles. The van der Waals surface area contributed by atoms with Crippen LogP contribution in [0, 0.1) is 0 Å². The second-order valence-corrected chi connectivity index (χ2v) is 6.68. The summed E-state index contributed by atoms with van der Waals surface area (Å²) in [6.45, 7) is 1.93. The van der Waals surface area contributed by atoms with Crippen LogP contribution in [0.5, 0.6) is 0 Å². The van der Waals surface area contributed by atoms with Crippen LogP contribution in [0.4, 0.5) is 17.1 Å². The van der Waals surface area contributed by atoms with Gasteiger partial charge in [0, 0.05) is 18.2 Å². The molecule has 0 aliphatic carbocycles. The average molecular weight is 378 g/mol. The number of nitrogens with one attached hydrogen (secondary N) is 2. The summed E-state index contributed by atoms with van der Waals surface area (Å²) in [5.41, 5.74) is 2.04. The minimum Gasteiger partial charge on any atom is -0.376 e. The first-order chi connectivity index (χ1) is 12.0. The summed E-state index contributed by atoms with van der Waals surface area (Å²) in [5.74, 6) is -0.241. The highest BCUT2D eigenvalue weighted by Crippen LogP contribution is 2.31. The zero-order valence-corrected chi connectivity index (χ0v) is 15.1. The van der Waals surface area contributed by atoms with E-state index in [1.54, 1.807) is 29.2 Å². The van der Waals surface area contributed by atoms with Crippen LogP contribution in [0.2, 0.25) is 10.0 Å². The molecule has 1 aliphatic heterocycles. The van der Waals surface area contributed by atoms with Crippen molar-refractivity contribution in [3.8, 4) is 0 Å². The normalized spacial score (nSPS) is 16.7. The molecule has 2 aromatic rings. The molecule has 7 heteroatoms. The fourth-order valence-electron chi connectivity index (χ4n) is 2.84. The zero-order chi connectivity index (χ0) is 18.0. The molecule has 25 heavy (non-hydrogen) atoms. The summed E-state index contributed by atoms with van der Waals surface area (Å²) in [6.07, 6.45) is 0.243. The quantitative estimate of drug-likeness (QED) is 0.843. The zero-order valence-electron chi connectivity index (χ0n) is 13.6. The van der Waals surface area contributed by atoms with E-state index in [1.165, 1.54) is 0 Å². The maximum absolute atomic E-state index is 12.8. The topological polar surface area (TPSA) is 61.4 Å². The summed E-state index contributed by atoms with van der Waals surface area (Å²) in [4.78, 5) is 26.5. The second-order valence-electron chi connectivity index (χ2n) is 5.86.